The molecule has 5 nitrogen and oxygen atoms in total. The molecule has 0 atom stereocenters. The van der Waals surface area contributed by atoms with Crippen LogP contribution in [0.2, 0.25) is 0 Å². The number of aliphatic carboxylic acids is 1. The molecule has 1 amide bonds. The van der Waals surface area contributed by atoms with Gasteiger partial charge in [-0.25, -0.2) is 0 Å². The van der Waals surface area contributed by atoms with Crippen LogP contribution < -0.4 is 4.74 Å². The summed E-state index contributed by atoms with van der Waals surface area (Å²) in [7, 11) is 1.58. The maximum atomic E-state index is 11.9. The Bertz CT molecular complexity index is 532. The summed E-state index contributed by atoms with van der Waals surface area (Å²) in [4.78, 5) is 24.0. The molecule has 5 heteroatoms. The van der Waals surface area contributed by atoms with Crippen molar-refractivity contribution in [1.29, 1.82) is 0 Å². The van der Waals surface area contributed by atoms with E-state index in [0.717, 1.165) is 5.56 Å². The zero-order chi connectivity index (χ0) is 14.5. The Labute approximate surface area is 117 Å². The molecular weight excluding hydrogens is 258 g/mol. The van der Waals surface area contributed by atoms with Crippen molar-refractivity contribution in [3.63, 3.8) is 0 Å². The van der Waals surface area contributed by atoms with Gasteiger partial charge in [-0.1, -0.05) is 18.2 Å². The summed E-state index contributed by atoms with van der Waals surface area (Å²) in [6.45, 7) is 1.03. The summed E-state index contributed by atoms with van der Waals surface area (Å²) in [5.41, 5.74) is 0.839. The molecule has 0 bridgehead atoms. The predicted molar refractivity (Wildman–Crippen MR) is 74.4 cm³/mol. The number of carboxylic acid groups (broad SMARTS) is 1. The molecule has 1 saturated heterocycles. The van der Waals surface area contributed by atoms with Crippen LogP contribution in [0.15, 0.2) is 30.3 Å². The molecule has 20 heavy (non-hydrogen) atoms. The van der Waals surface area contributed by atoms with Crippen LogP contribution in [0.3, 0.4) is 0 Å². The van der Waals surface area contributed by atoms with Crippen molar-refractivity contribution in [2.24, 2.45) is 5.92 Å². The normalized spacial score (nSPS) is 15.2. The van der Waals surface area contributed by atoms with Gasteiger partial charge in [-0.3, -0.25) is 9.59 Å². The molecule has 1 aromatic carbocycles. The average molecular weight is 275 g/mol. The first-order valence-electron chi connectivity index (χ1n) is 6.42. The lowest BCUT2D eigenvalue weighted by molar-refractivity contribution is -0.143. The van der Waals surface area contributed by atoms with Gasteiger partial charge in [0.2, 0.25) is 5.91 Å². The molecule has 0 saturated carbocycles. The molecule has 1 aliphatic rings. The third-order valence-corrected chi connectivity index (χ3v) is 3.28. The molecule has 1 aromatic rings. The van der Waals surface area contributed by atoms with Gasteiger partial charge in [-0.2, -0.15) is 0 Å². The van der Waals surface area contributed by atoms with E-state index in [1.54, 1.807) is 18.1 Å². The number of rotatable bonds is 5. The van der Waals surface area contributed by atoms with Gasteiger partial charge in [0.15, 0.2) is 0 Å². The summed E-state index contributed by atoms with van der Waals surface area (Å²) < 4.78 is 5.20. The second-order valence-corrected chi connectivity index (χ2v) is 4.78. The van der Waals surface area contributed by atoms with Crippen LogP contribution in [-0.4, -0.2) is 42.1 Å². The number of para-hydroxylation sites is 1. The maximum Gasteiger partial charge on any atom is 0.303 e. The smallest absolute Gasteiger partial charge is 0.303 e. The quantitative estimate of drug-likeness (QED) is 0.830. The molecule has 0 aromatic heterocycles. The fourth-order valence-electron chi connectivity index (χ4n) is 2.20. The number of carboxylic acids is 1. The Hall–Kier alpha value is -2.30. The molecule has 1 heterocycles. The Morgan fingerprint density at radius 3 is 2.75 bits per heavy atom. The van der Waals surface area contributed by atoms with E-state index in [4.69, 9.17) is 9.84 Å². The van der Waals surface area contributed by atoms with Crippen molar-refractivity contribution in [2.75, 3.05) is 20.2 Å². The second-order valence-electron chi connectivity index (χ2n) is 4.78. The fourth-order valence-corrected chi connectivity index (χ4v) is 2.20. The van der Waals surface area contributed by atoms with Gasteiger partial charge in [-0.05, 0) is 12.1 Å². The fraction of sp³-hybridized carbons (Fsp3) is 0.333. The van der Waals surface area contributed by atoms with Crippen LogP contribution in [0.5, 0.6) is 5.75 Å². The van der Waals surface area contributed by atoms with Crippen LogP contribution in [0, 0.1) is 5.92 Å². The van der Waals surface area contributed by atoms with Gasteiger partial charge in [0.25, 0.3) is 0 Å². The van der Waals surface area contributed by atoms with Gasteiger partial charge in [0, 0.05) is 30.6 Å². The van der Waals surface area contributed by atoms with Crippen molar-refractivity contribution < 1.29 is 19.4 Å². The van der Waals surface area contributed by atoms with Crippen LogP contribution >= 0.6 is 0 Å². The monoisotopic (exact) mass is 275 g/mol. The molecule has 0 aliphatic carbocycles. The lowest BCUT2D eigenvalue weighted by atomic mass is 9.96. The minimum atomic E-state index is -0.813. The first-order chi connectivity index (χ1) is 9.60. The summed E-state index contributed by atoms with van der Waals surface area (Å²) in [5, 5.41) is 8.65. The minimum Gasteiger partial charge on any atom is -0.496 e. The Morgan fingerprint density at radius 2 is 2.10 bits per heavy atom. The highest BCUT2D eigenvalue weighted by Crippen LogP contribution is 2.21. The third kappa shape index (κ3) is 3.38. The highest BCUT2D eigenvalue weighted by atomic mass is 16.5. The summed E-state index contributed by atoms with van der Waals surface area (Å²) in [6, 6.07) is 7.44. The first kappa shape index (κ1) is 14.1. The van der Waals surface area contributed by atoms with Crippen molar-refractivity contribution in [1.82, 2.24) is 4.90 Å². The summed E-state index contributed by atoms with van der Waals surface area (Å²) in [5.74, 6) is -0.121. The maximum absolute atomic E-state index is 11.9. The standard InChI is InChI=1S/C15H17NO4/c1-20-13-5-3-2-4-12(13)6-7-14(17)16-9-11(10-16)8-15(18)19/h2-7,11H,8-10H2,1H3,(H,18,19). The summed E-state index contributed by atoms with van der Waals surface area (Å²) >= 11 is 0. The topological polar surface area (TPSA) is 66.8 Å². The molecule has 1 N–H and O–H groups in total. The number of hydrogen-bond donors (Lipinski definition) is 1. The van der Waals surface area contributed by atoms with E-state index >= 15 is 0 Å². The lowest BCUT2D eigenvalue weighted by Crippen LogP contribution is -2.49. The van der Waals surface area contributed by atoms with Gasteiger partial charge in [0.05, 0.1) is 13.5 Å². The molecule has 1 fully saturated rings. The SMILES string of the molecule is COc1ccccc1C=CC(=O)N1CC(CC(=O)O)C1. The van der Waals surface area contributed by atoms with E-state index in [-0.39, 0.29) is 18.2 Å². The number of carbonyl (C=O) groups is 2. The van der Waals surface area contributed by atoms with E-state index in [1.807, 2.05) is 24.3 Å². The highest BCUT2D eigenvalue weighted by molar-refractivity contribution is 5.92. The zero-order valence-electron chi connectivity index (χ0n) is 11.3. The summed E-state index contributed by atoms with van der Waals surface area (Å²) in [6.07, 6.45) is 3.33. The number of likely N-dealkylation sites (tertiary alicyclic amines) is 1. The zero-order valence-corrected chi connectivity index (χ0v) is 11.3. The Kier molecular flexibility index (Phi) is 4.40. The van der Waals surface area contributed by atoms with Crippen LogP contribution in [0.25, 0.3) is 6.08 Å². The van der Waals surface area contributed by atoms with Crippen molar-refractivity contribution >= 4 is 18.0 Å². The molecule has 0 radical (unpaired) electrons. The number of benzene rings is 1. The number of carbonyl (C=O) groups excluding carboxylic acids is 1. The van der Waals surface area contributed by atoms with Crippen LogP contribution in [0.4, 0.5) is 0 Å². The number of nitrogens with zero attached hydrogens (tertiary/aromatic N) is 1. The van der Waals surface area contributed by atoms with E-state index in [9.17, 15) is 9.59 Å². The van der Waals surface area contributed by atoms with Crippen molar-refractivity contribution in [3.8, 4) is 5.75 Å². The number of methoxy groups -OCH3 is 1. The van der Waals surface area contributed by atoms with Crippen LogP contribution in [0.1, 0.15) is 12.0 Å². The molecule has 2 rings (SSSR count). The first-order valence-corrected chi connectivity index (χ1v) is 6.42. The third-order valence-electron chi connectivity index (χ3n) is 3.28. The molecule has 0 spiro atoms. The number of ether oxygens (including phenoxy) is 1. The molecular formula is C15H17NO4. The van der Waals surface area contributed by atoms with Crippen molar-refractivity contribution in [3.05, 3.63) is 35.9 Å². The largest absolute Gasteiger partial charge is 0.496 e. The lowest BCUT2D eigenvalue weighted by Gasteiger charge is -2.37. The Morgan fingerprint density at radius 1 is 1.40 bits per heavy atom. The minimum absolute atomic E-state index is 0.0797. The number of amides is 1. The van der Waals surface area contributed by atoms with Gasteiger partial charge >= 0.3 is 5.97 Å². The molecule has 1 aliphatic heterocycles. The van der Waals surface area contributed by atoms with Crippen molar-refractivity contribution in [2.45, 2.75) is 6.42 Å². The van der Waals surface area contributed by atoms with Gasteiger partial charge < -0.3 is 14.7 Å². The predicted octanol–water partition coefficient (Wildman–Crippen LogP) is 1.64. The van der Waals surface area contributed by atoms with Gasteiger partial charge in [0.1, 0.15) is 5.75 Å². The van der Waals surface area contributed by atoms with E-state index in [2.05, 4.69) is 0 Å². The van der Waals surface area contributed by atoms with E-state index in [1.165, 1.54) is 6.08 Å². The van der Waals surface area contributed by atoms with Crippen LogP contribution in [-0.2, 0) is 9.59 Å². The molecule has 0 unspecified atom stereocenters. The highest BCUT2D eigenvalue weighted by Gasteiger charge is 2.30. The van der Waals surface area contributed by atoms with E-state index in [0.29, 0.717) is 18.8 Å². The number of hydrogen-bond acceptors (Lipinski definition) is 3. The second kappa shape index (κ2) is 6.23. The average Bonchev–Trinajstić information content (AvgIpc) is 2.39. The van der Waals surface area contributed by atoms with E-state index < -0.39 is 5.97 Å². The Balaban J connectivity index is 1.89. The molecule has 106 valence electrons. The van der Waals surface area contributed by atoms with Gasteiger partial charge in [-0.15, -0.1) is 0 Å².